The molecule has 0 amide bonds. The molecule has 16 nitrogen and oxygen atoms in total. The first-order valence-electron chi connectivity index (χ1n) is 13.8. The number of hydrogen-bond donors (Lipinski definition) is 11. The number of halogens is 2. The maximum atomic E-state index is 12.7. The van der Waals surface area contributed by atoms with E-state index in [0.29, 0.717) is 12.8 Å². The largest absolute Gasteiger partial charge is 0.393 e. The van der Waals surface area contributed by atoms with Gasteiger partial charge >= 0.3 is 0 Å². The molecule has 244 valence electrons. The van der Waals surface area contributed by atoms with Crippen molar-refractivity contribution in [1.29, 1.82) is 5.41 Å². The molecule has 2 aliphatic heterocycles. The van der Waals surface area contributed by atoms with E-state index in [9.17, 15) is 34.3 Å². The van der Waals surface area contributed by atoms with E-state index in [-0.39, 0.29) is 19.6 Å². The van der Waals surface area contributed by atoms with Crippen molar-refractivity contribution < 1.29 is 53.3 Å². The first-order chi connectivity index (χ1) is 19.7. The highest BCUT2D eigenvalue weighted by Crippen LogP contribution is 2.32. The Bertz CT molecular complexity index is 924. The van der Waals surface area contributed by atoms with E-state index in [0.717, 1.165) is 0 Å². The minimum Gasteiger partial charge on any atom is -0.393 e. The van der Waals surface area contributed by atoms with Crippen LogP contribution in [0.3, 0.4) is 0 Å². The lowest BCUT2D eigenvalue weighted by molar-refractivity contribution is -0.307. The number of ether oxygens (including phenoxy) is 4. The van der Waals surface area contributed by atoms with Gasteiger partial charge in [-0.05, 0) is 33.2 Å². The van der Waals surface area contributed by atoms with Gasteiger partial charge in [-0.3, -0.25) is 10.4 Å². The number of hydrogen-bond acceptors (Lipinski definition) is 14. The Morgan fingerprint density at radius 1 is 1.14 bits per heavy atom. The second kappa shape index (κ2) is 14.9. The summed E-state index contributed by atoms with van der Waals surface area (Å²) in [6, 6.07) is -3.32. The van der Waals surface area contributed by atoms with E-state index < -0.39 is 104 Å². The zero-order valence-electron chi connectivity index (χ0n) is 23.6. The van der Waals surface area contributed by atoms with Gasteiger partial charge in [-0.2, -0.15) is 0 Å². The van der Waals surface area contributed by atoms with Crippen LogP contribution in [0.15, 0.2) is 4.99 Å². The molecule has 14 N–H and O–H groups in total. The van der Waals surface area contributed by atoms with Crippen molar-refractivity contribution in [3.05, 3.63) is 0 Å². The summed E-state index contributed by atoms with van der Waals surface area (Å²) < 4.78 is 48.9. The summed E-state index contributed by atoms with van der Waals surface area (Å²) in [6.07, 6.45) is -12.0. The molecule has 0 aromatic carbocycles. The SMILES string of the molecule is CN[C@@H]1C(O)[C@@H](OC2C(O)C(O[C@H]3O[C@H](CN=C(N)C(F)F)CCC3N)[C@@H](N)C[C@H]2NC(=N)C(O)CO)OCC1(C)O. The Morgan fingerprint density at radius 3 is 2.43 bits per heavy atom. The standard InChI is InChI=1S/C24H45F2N7O9/c1-24(38)8-39-23(15(37)18(24)31-2)42-17-12(33-20(29)13(35)7-34)5-11(28)16(14(17)36)41-22-10(27)4-3-9(40-22)6-32-21(30)19(25)26/h9-19,22-23,31,34-38H,3-8,27-28H2,1-2H3,(H2,29,33)(H2,30,32)/t9-,10?,11-,12+,13?,14?,15?,16?,17?,18+,22+,23+,24?/m0/s1. The summed E-state index contributed by atoms with van der Waals surface area (Å²) in [5, 5.41) is 65.7. The third kappa shape index (κ3) is 8.27. The Labute approximate surface area is 242 Å². The van der Waals surface area contributed by atoms with E-state index in [4.69, 9.17) is 41.6 Å². The van der Waals surface area contributed by atoms with Crippen molar-refractivity contribution in [2.75, 3.05) is 26.8 Å². The molecule has 0 aromatic rings. The molecule has 0 bridgehead atoms. The topological polar surface area (TPSA) is 276 Å². The molecule has 42 heavy (non-hydrogen) atoms. The van der Waals surface area contributed by atoms with Gasteiger partial charge in [-0.25, -0.2) is 8.78 Å². The summed E-state index contributed by atoms with van der Waals surface area (Å²) in [6.45, 7) is 0.368. The van der Waals surface area contributed by atoms with Gasteiger partial charge in [-0.15, -0.1) is 0 Å². The van der Waals surface area contributed by atoms with Gasteiger partial charge in [-0.1, -0.05) is 0 Å². The van der Waals surface area contributed by atoms with Crippen LogP contribution in [0.4, 0.5) is 8.78 Å². The number of amidine groups is 2. The van der Waals surface area contributed by atoms with Crippen LogP contribution in [-0.2, 0) is 18.9 Å². The molecule has 13 atom stereocenters. The Hall–Kier alpha value is -1.68. The highest BCUT2D eigenvalue weighted by molar-refractivity contribution is 5.84. The lowest BCUT2D eigenvalue weighted by Crippen LogP contribution is -2.69. The number of aliphatic hydroxyl groups excluding tert-OH is 4. The molecule has 1 saturated carbocycles. The lowest BCUT2D eigenvalue weighted by atomic mass is 9.83. The number of alkyl halides is 2. The second-order valence-electron chi connectivity index (χ2n) is 11.2. The predicted molar refractivity (Wildman–Crippen MR) is 144 cm³/mol. The molecule has 0 spiro atoms. The van der Waals surface area contributed by atoms with Crippen LogP contribution >= 0.6 is 0 Å². The van der Waals surface area contributed by atoms with E-state index in [1.54, 1.807) is 7.05 Å². The molecule has 0 radical (unpaired) electrons. The Kier molecular flexibility index (Phi) is 12.3. The number of nitrogens with one attached hydrogen (secondary N) is 3. The number of nitrogens with zero attached hydrogens (tertiary/aromatic N) is 1. The summed E-state index contributed by atoms with van der Waals surface area (Å²) in [5.41, 5.74) is 16.3. The summed E-state index contributed by atoms with van der Waals surface area (Å²) >= 11 is 0. The van der Waals surface area contributed by atoms with Crippen molar-refractivity contribution in [2.24, 2.45) is 22.2 Å². The molecule has 1 aliphatic carbocycles. The van der Waals surface area contributed by atoms with Gasteiger partial charge in [0.05, 0.1) is 44.0 Å². The fraction of sp³-hybridized carbons (Fsp3) is 0.917. The Balaban J connectivity index is 1.79. The molecule has 3 rings (SSSR count). The van der Waals surface area contributed by atoms with Crippen LogP contribution in [-0.4, -0.2) is 149 Å². The molecule has 3 aliphatic rings. The molecular formula is C24H45F2N7O9. The normalized spacial score (nSPS) is 42.4. The van der Waals surface area contributed by atoms with Crippen LogP contribution in [0.25, 0.3) is 0 Å². The number of nitrogens with two attached hydrogens (primary N) is 3. The van der Waals surface area contributed by atoms with Gasteiger partial charge in [0.2, 0.25) is 0 Å². The molecule has 0 aromatic heterocycles. The van der Waals surface area contributed by atoms with Gasteiger partial charge < -0.3 is 72.3 Å². The van der Waals surface area contributed by atoms with Crippen molar-refractivity contribution >= 4 is 11.7 Å². The van der Waals surface area contributed by atoms with Gasteiger partial charge in [0, 0.05) is 6.04 Å². The summed E-state index contributed by atoms with van der Waals surface area (Å²) in [7, 11) is 1.54. The average Bonchev–Trinajstić information content (AvgIpc) is 2.93. The predicted octanol–water partition coefficient (Wildman–Crippen LogP) is -4.35. The van der Waals surface area contributed by atoms with Crippen LogP contribution in [0, 0.1) is 5.41 Å². The smallest absolute Gasteiger partial charge is 0.294 e. The average molecular weight is 614 g/mol. The zero-order chi connectivity index (χ0) is 31.4. The molecule has 2 heterocycles. The van der Waals surface area contributed by atoms with E-state index in [1.807, 2.05) is 0 Å². The molecule has 7 unspecified atom stereocenters. The number of aliphatic imine (C=N–C) groups is 1. The van der Waals surface area contributed by atoms with Crippen molar-refractivity contribution in [1.82, 2.24) is 10.6 Å². The van der Waals surface area contributed by atoms with Gasteiger partial charge in [0.25, 0.3) is 6.43 Å². The zero-order valence-corrected chi connectivity index (χ0v) is 23.6. The van der Waals surface area contributed by atoms with Crippen molar-refractivity contribution in [3.8, 4) is 0 Å². The second-order valence-corrected chi connectivity index (χ2v) is 11.2. The van der Waals surface area contributed by atoms with E-state index >= 15 is 0 Å². The lowest BCUT2D eigenvalue weighted by Gasteiger charge is -2.49. The van der Waals surface area contributed by atoms with Crippen LogP contribution in [0.2, 0.25) is 0 Å². The monoisotopic (exact) mass is 613 g/mol. The van der Waals surface area contributed by atoms with E-state index in [1.165, 1.54) is 6.92 Å². The van der Waals surface area contributed by atoms with Crippen LogP contribution < -0.4 is 27.8 Å². The number of likely N-dealkylation sites (N-methyl/N-ethyl adjacent to an activating group) is 1. The maximum Gasteiger partial charge on any atom is 0.294 e. The third-order valence-corrected chi connectivity index (χ3v) is 7.79. The maximum absolute atomic E-state index is 12.7. The first-order valence-corrected chi connectivity index (χ1v) is 13.8. The quantitative estimate of drug-likeness (QED) is 0.0776. The van der Waals surface area contributed by atoms with Gasteiger partial charge in [0.1, 0.15) is 42.0 Å². The third-order valence-electron chi connectivity index (χ3n) is 7.79. The first kappa shape index (κ1) is 34.8. The molecule has 3 fully saturated rings. The molecular weight excluding hydrogens is 568 g/mol. The van der Waals surface area contributed by atoms with Crippen LogP contribution in [0.5, 0.6) is 0 Å². The Morgan fingerprint density at radius 2 is 1.81 bits per heavy atom. The molecule has 18 heteroatoms. The van der Waals surface area contributed by atoms with E-state index in [2.05, 4.69) is 15.6 Å². The number of aliphatic hydroxyl groups is 5. The fourth-order valence-electron chi connectivity index (χ4n) is 5.42. The fourth-order valence-corrected chi connectivity index (χ4v) is 5.42. The summed E-state index contributed by atoms with van der Waals surface area (Å²) in [5.74, 6) is -1.28. The minimum atomic E-state index is -2.90. The van der Waals surface area contributed by atoms with Crippen LogP contribution in [0.1, 0.15) is 26.2 Å². The highest BCUT2D eigenvalue weighted by Gasteiger charge is 2.51. The van der Waals surface area contributed by atoms with Crippen molar-refractivity contribution in [2.45, 2.75) is 112 Å². The number of rotatable bonds is 11. The van der Waals surface area contributed by atoms with Crippen molar-refractivity contribution in [3.63, 3.8) is 0 Å². The summed E-state index contributed by atoms with van der Waals surface area (Å²) in [4.78, 5) is 3.65. The minimum absolute atomic E-state index is 0.0174. The van der Waals surface area contributed by atoms with Gasteiger partial charge in [0.15, 0.2) is 18.4 Å². The highest BCUT2D eigenvalue weighted by atomic mass is 19.3. The molecule has 2 saturated heterocycles.